The van der Waals surface area contributed by atoms with Crippen LogP contribution in [0.1, 0.15) is 29.6 Å². The molecule has 2 rings (SSSR count). The van der Waals surface area contributed by atoms with E-state index in [2.05, 4.69) is 0 Å². The van der Waals surface area contributed by atoms with Gasteiger partial charge in [-0.15, -0.1) is 0 Å². The minimum atomic E-state index is -1.02. The highest BCUT2D eigenvalue weighted by atomic mass is 35.5. The lowest BCUT2D eigenvalue weighted by Crippen LogP contribution is -2.19. The molecule has 0 aromatic heterocycles. The minimum Gasteiger partial charge on any atom is -0.493 e. The molecule has 0 unspecified atom stereocenters. The standard InChI is InChI=1S/C12H13ClO3/c13-11-6-9(4-5-10(11)12(14)15)16-7-8-2-1-3-8/h4-6,8H,1-3,7H2,(H,14,15). The Bertz CT molecular complexity index is 399. The third kappa shape index (κ3) is 2.47. The van der Waals surface area contributed by atoms with Gasteiger partial charge in [-0.2, -0.15) is 0 Å². The van der Waals surface area contributed by atoms with Gasteiger partial charge in [0, 0.05) is 0 Å². The van der Waals surface area contributed by atoms with Crippen molar-refractivity contribution >= 4 is 17.6 Å². The van der Waals surface area contributed by atoms with Crippen molar-refractivity contribution in [2.75, 3.05) is 6.61 Å². The van der Waals surface area contributed by atoms with Gasteiger partial charge in [-0.05, 0) is 37.0 Å². The van der Waals surface area contributed by atoms with Crippen molar-refractivity contribution in [2.24, 2.45) is 5.92 Å². The zero-order valence-corrected chi connectivity index (χ0v) is 9.54. The molecule has 0 bridgehead atoms. The van der Waals surface area contributed by atoms with E-state index < -0.39 is 5.97 Å². The van der Waals surface area contributed by atoms with Crippen molar-refractivity contribution in [3.63, 3.8) is 0 Å². The van der Waals surface area contributed by atoms with E-state index in [1.54, 1.807) is 12.1 Å². The molecule has 0 radical (unpaired) electrons. The van der Waals surface area contributed by atoms with Crippen LogP contribution in [-0.4, -0.2) is 17.7 Å². The average molecular weight is 241 g/mol. The van der Waals surface area contributed by atoms with Crippen molar-refractivity contribution in [2.45, 2.75) is 19.3 Å². The van der Waals surface area contributed by atoms with Crippen molar-refractivity contribution in [3.05, 3.63) is 28.8 Å². The van der Waals surface area contributed by atoms with E-state index in [1.807, 2.05) is 0 Å². The lowest BCUT2D eigenvalue weighted by molar-refractivity contribution is 0.0697. The lowest BCUT2D eigenvalue weighted by atomic mass is 9.86. The topological polar surface area (TPSA) is 46.5 Å². The molecule has 0 atom stereocenters. The Morgan fingerprint density at radius 3 is 2.75 bits per heavy atom. The molecule has 1 N–H and O–H groups in total. The summed E-state index contributed by atoms with van der Waals surface area (Å²) in [5.74, 6) is 0.273. The van der Waals surface area contributed by atoms with E-state index in [0.29, 0.717) is 18.3 Å². The fourth-order valence-electron chi connectivity index (χ4n) is 1.63. The van der Waals surface area contributed by atoms with Crippen LogP contribution in [0.5, 0.6) is 5.75 Å². The van der Waals surface area contributed by atoms with Crippen molar-refractivity contribution in [1.82, 2.24) is 0 Å². The van der Waals surface area contributed by atoms with Gasteiger partial charge in [0.2, 0.25) is 0 Å². The van der Waals surface area contributed by atoms with Crippen LogP contribution in [-0.2, 0) is 0 Å². The monoisotopic (exact) mass is 240 g/mol. The van der Waals surface area contributed by atoms with E-state index in [4.69, 9.17) is 21.4 Å². The zero-order valence-electron chi connectivity index (χ0n) is 8.78. The first-order valence-electron chi connectivity index (χ1n) is 5.32. The van der Waals surface area contributed by atoms with Gasteiger partial charge in [0.1, 0.15) is 5.75 Å². The van der Waals surface area contributed by atoms with Crippen LogP contribution < -0.4 is 4.74 Å². The van der Waals surface area contributed by atoms with Crippen molar-refractivity contribution in [3.8, 4) is 5.75 Å². The SMILES string of the molecule is O=C(O)c1ccc(OCC2CCC2)cc1Cl. The molecule has 86 valence electrons. The summed E-state index contributed by atoms with van der Waals surface area (Å²) in [4.78, 5) is 10.7. The molecule has 1 aromatic rings. The summed E-state index contributed by atoms with van der Waals surface area (Å²) >= 11 is 5.83. The maximum absolute atomic E-state index is 10.7. The summed E-state index contributed by atoms with van der Waals surface area (Å²) in [6.07, 6.45) is 3.73. The van der Waals surface area contributed by atoms with E-state index in [0.717, 1.165) is 0 Å². The molecule has 1 aliphatic rings. The highest BCUT2D eigenvalue weighted by Gasteiger charge is 2.18. The van der Waals surface area contributed by atoms with Crippen LogP contribution in [0.15, 0.2) is 18.2 Å². The summed E-state index contributed by atoms with van der Waals surface area (Å²) in [7, 11) is 0. The molecule has 3 nitrogen and oxygen atoms in total. The van der Waals surface area contributed by atoms with Gasteiger partial charge >= 0.3 is 5.97 Å². The number of carbonyl (C=O) groups is 1. The molecule has 1 aliphatic carbocycles. The molecule has 0 amide bonds. The Hall–Kier alpha value is -1.22. The number of halogens is 1. The summed E-state index contributed by atoms with van der Waals surface area (Å²) in [6, 6.07) is 4.68. The second-order valence-electron chi connectivity index (χ2n) is 4.05. The summed E-state index contributed by atoms with van der Waals surface area (Å²) < 4.78 is 5.55. The quantitative estimate of drug-likeness (QED) is 0.879. The van der Waals surface area contributed by atoms with Crippen LogP contribution >= 0.6 is 11.6 Å². The maximum Gasteiger partial charge on any atom is 0.337 e. The highest BCUT2D eigenvalue weighted by molar-refractivity contribution is 6.33. The molecule has 0 saturated heterocycles. The summed E-state index contributed by atoms with van der Waals surface area (Å²) in [6.45, 7) is 0.697. The molecule has 1 aromatic carbocycles. The van der Waals surface area contributed by atoms with E-state index in [1.165, 1.54) is 25.3 Å². The fourth-order valence-corrected chi connectivity index (χ4v) is 1.88. The number of carboxylic acid groups (broad SMARTS) is 1. The first-order valence-corrected chi connectivity index (χ1v) is 5.70. The molecule has 1 saturated carbocycles. The van der Waals surface area contributed by atoms with Crippen molar-refractivity contribution in [1.29, 1.82) is 0 Å². The predicted molar refractivity (Wildman–Crippen MR) is 61.2 cm³/mol. The minimum absolute atomic E-state index is 0.109. The number of ether oxygens (including phenoxy) is 1. The van der Waals surface area contributed by atoms with Gasteiger partial charge in [0.05, 0.1) is 17.2 Å². The molecule has 16 heavy (non-hydrogen) atoms. The Morgan fingerprint density at radius 1 is 1.50 bits per heavy atom. The van der Waals surface area contributed by atoms with Crippen LogP contribution in [0.4, 0.5) is 0 Å². The Balaban J connectivity index is 1.99. The van der Waals surface area contributed by atoms with Gasteiger partial charge in [-0.1, -0.05) is 18.0 Å². The second kappa shape index (κ2) is 4.74. The van der Waals surface area contributed by atoms with Crippen LogP contribution in [0.3, 0.4) is 0 Å². The van der Waals surface area contributed by atoms with Crippen LogP contribution in [0.2, 0.25) is 5.02 Å². The summed E-state index contributed by atoms with van der Waals surface area (Å²) in [5.41, 5.74) is 0.109. The van der Waals surface area contributed by atoms with Gasteiger partial charge in [0.15, 0.2) is 0 Å². The number of rotatable bonds is 4. The molecule has 0 aliphatic heterocycles. The van der Waals surface area contributed by atoms with Crippen LogP contribution in [0, 0.1) is 5.92 Å². The predicted octanol–water partition coefficient (Wildman–Crippen LogP) is 3.22. The molecular weight excluding hydrogens is 228 g/mol. The Morgan fingerprint density at radius 2 is 2.25 bits per heavy atom. The van der Waals surface area contributed by atoms with E-state index >= 15 is 0 Å². The third-order valence-electron chi connectivity index (χ3n) is 2.88. The molecular formula is C12H13ClO3. The number of hydrogen-bond acceptors (Lipinski definition) is 2. The van der Waals surface area contributed by atoms with E-state index in [-0.39, 0.29) is 10.6 Å². The normalized spacial score (nSPS) is 15.6. The largest absolute Gasteiger partial charge is 0.493 e. The number of carboxylic acids is 1. The third-order valence-corrected chi connectivity index (χ3v) is 3.19. The van der Waals surface area contributed by atoms with Gasteiger partial charge < -0.3 is 9.84 Å². The molecule has 4 heteroatoms. The first-order chi connectivity index (χ1) is 7.66. The zero-order chi connectivity index (χ0) is 11.5. The number of benzene rings is 1. The lowest BCUT2D eigenvalue weighted by Gasteiger charge is -2.25. The van der Waals surface area contributed by atoms with Gasteiger partial charge in [0.25, 0.3) is 0 Å². The van der Waals surface area contributed by atoms with E-state index in [9.17, 15) is 4.79 Å². The van der Waals surface area contributed by atoms with Gasteiger partial charge in [-0.3, -0.25) is 0 Å². The van der Waals surface area contributed by atoms with Crippen LogP contribution in [0.25, 0.3) is 0 Å². The smallest absolute Gasteiger partial charge is 0.337 e. The van der Waals surface area contributed by atoms with Crippen molar-refractivity contribution < 1.29 is 14.6 Å². The Kier molecular flexibility index (Phi) is 3.34. The molecule has 1 fully saturated rings. The second-order valence-corrected chi connectivity index (χ2v) is 4.46. The summed E-state index contributed by atoms with van der Waals surface area (Å²) in [5, 5.41) is 9.02. The average Bonchev–Trinajstić information content (AvgIpc) is 2.14. The molecule has 0 heterocycles. The molecule has 0 spiro atoms. The number of aromatic carboxylic acids is 1. The Labute approximate surface area is 99.0 Å². The van der Waals surface area contributed by atoms with Gasteiger partial charge in [-0.25, -0.2) is 4.79 Å². The fraction of sp³-hybridized carbons (Fsp3) is 0.417. The number of hydrogen-bond donors (Lipinski definition) is 1. The maximum atomic E-state index is 10.7. The highest BCUT2D eigenvalue weighted by Crippen LogP contribution is 2.28. The first kappa shape index (κ1) is 11.3.